The minimum Gasteiger partial charge on any atom is -0.496 e. The highest BCUT2D eigenvalue weighted by molar-refractivity contribution is 6.01. The Kier molecular flexibility index (Phi) is 6.82. The van der Waals surface area contributed by atoms with Crippen LogP contribution in [-0.4, -0.2) is 37.2 Å². The summed E-state index contributed by atoms with van der Waals surface area (Å²) in [4.78, 5) is 30.8. The molecule has 1 aliphatic heterocycles. The van der Waals surface area contributed by atoms with Crippen molar-refractivity contribution in [1.29, 1.82) is 0 Å². The molecule has 1 aromatic heterocycles. The maximum atomic E-state index is 13.8. The number of fused-ring (bicyclic) bond motifs is 1. The predicted octanol–water partition coefficient (Wildman–Crippen LogP) is 4.34. The molecule has 35 heavy (non-hydrogen) atoms. The number of aromatic nitrogens is 1. The highest BCUT2D eigenvalue weighted by atomic mass is 19.1. The van der Waals surface area contributed by atoms with Gasteiger partial charge in [0.1, 0.15) is 18.2 Å². The van der Waals surface area contributed by atoms with E-state index in [2.05, 4.69) is 29.0 Å². The summed E-state index contributed by atoms with van der Waals surface area (Å²) < 4.78 is 25.2. The second-order valence-corrected chi connectivity index (χ2v) is 8.98. The van der Waals surface area contributed by atoms with Crippen LogP contribution in [0.2, 0.25) is 0 Å². The molecule has 0 bridgehead atoms. The number of methoxy groups -OCH3 is 1. The summed E-state index contributed by atoms with van der Waals surface area (Å²) in [5.41, 5.74) is 4.33. The monoisotopic (exact) mass is 479 g/mol. The molecule has 4 rings (SSSR count). The van der Waals surface area contributed by atoms with Gasteiger partial charge in [0, 0.05) is 35.5 Å². The van der Waals surface area contributed by atoms with Gasteiger partial charge in [-0.2, -0.15) is 0 Å². The molecule has 0 radical (unpaired) electrons. The van der Waals surface area contributed by atoms with Crippen LogP contribution in [0.5, 0.6) is 11.5 Å². The first-order chi connectivity index (χ1) is 16.7. The standard InChI is InChI=1S/C27H30FN3O4/c1-15(2)31-8-9-35-25-21(26(32)29-14-22-16(3)10-17(4)30-27(22)33)11-18(12-23(25)31)20-7-6-19(28)13-24(20)34-5/h6-7,10-13,15H,8-9,14H2,1-5H3,(H,29,32)(H,30,33). The Bertz CT molecular complexity index is 1330. The number of benzene rings is 2. The SMILES string of the molecule is COc1cc(F)ccc1-c1cc(C(=O)NCc2c(C)cc(C)[nH]c2=O)c2c(c1)N(C(C)C)CCO2. The van der Waals surface area contributed by atoms with E-state index in [1.54, 1.807) is 12.1 Å². The van der Waals surface area contributed by atoms with Gasteiger partial charge >= 0.3 is 0 Å². The van der Waals surface area contributed by atoms with E-state index in [9.17, 15) is 14.0 Å². The number of anilines is 1. The molecule has 0 atom stereocenters. The molecule has 0 fully saturated rings. The minimum absolute atomic E-state index is 0.0764. The first-order valence-electron chi connectivity index (χ1n) is 11.6. The molecule has 8 heteroatoms. The van der Waals surface area contributed by atoms with E-state index in [1.165, 1.54) is 19.2 Å². The molecule has 7 nitrogen and oxygen atoms in total. The van der Waals surface area contributed by atoms with Crippen LogP contribution < -0.4 is 25.2 Å². The van der Waals surface area contributed by atoms with Gasteiger partial charge in [0.2, 0.25) is 0 Å². The Morgan fingerprint density at radius 3 is 2.69 bits per heavy atom. The molecule has 2 heterocycles. The summed E-state index contributed by atoms with van der Waals surface area (Å²) in [6, 6.07) is 10.0. The number of nitrogens with zero attached hydrogens (tertiary/aromatic N) is 1. The Hall–Kier alpha value is -3.81. The summed E-state index contributed by atoms with van der Waals surface area (Å²) in [5, 5.41) is 2.88. The quantitative estimate of drug-likeness (QED) is 0.550. The fourth-order valence-corrected chi connectivity index (χ4v) is 4.47. The molecule has 1 aliphatic rings. The number of hydrogen-bond acceptors (Lipinski definition) is 5. The second kappa shape index (κ2) is 9.82. The largest absolute Gasteiger partial charge is 0.496 e. The van der Waals surface area contributed by atoms with Crippen LogP contribution in [-0.2, 0) is 6.54 Å². The first-order valence-corrected chi connectivity index (χ1v) is 11.6. The van der Waals surface area contributed by atoms with Crippen molar-refractivity contribution >= 4 is 11.6 Å². The van der Waals surface area contributed by atoms with Crippen LogP contribution in [0.15, 0.2) is 41.2 Å². The van der Waals surface area contributed by atoms with Gasteiger partial charge in [-0.05, 0) is 69.2 Å². The van der Waals surface area contributed by atoms with Crippen molar-refractivity contribution in [1.82, 2.24) is 10.3 Å². The van der Waals surface area contributed by atoms with E-state index in [1.807, 2.05) is 26.0 Å². The summed E-state index contributed by atoms with van der Waals surface area (Å²) >= 11 is 0. The van der Waals surface area contributed by atoms with Gasteiger partial charge in [0.15, 0.2) is 5.75 Å². The van der Waals surface area contributed by atoms with Crippen LogP contribution in [0.1, 0.15) is 41.0 Å². The number of rotatable bonds is 6. The van der Waals surface area contributed by atoms with Crippen LogP contribution in [0, 0.1) is 19.7 Å². The number of pyridine rings is 1. The Labute approximate surface area is 203 Å². The van der Waals surface area contributed by atoms with Crippen molar-refractivity contribution < 1.29 is 18.7 Å². The zero-order valence-corrected chi connectivity index (χ0v) is 20.6. The average molecular weight is 480 g/mol. The fraction of sp³-hybridized carbons (Fsp3) is 0.333. The molecular formula is C27H30FN3O4. The molecule has 0 spiro atoms. The second-order valence-electron chi connectivity index (χ2n) is 8.98. The number of hydrogen-bond donors (Lipinski definition) is 2. The van der Waals surface area contributed by atoms with Crippen molar-refractivity contribution in [2.45, 2.75) is 40.3 Å². The predicted molar refractivity (Wildman–Crippen MR) is 134 cm³/mol. The fourth-order valence-electron chi connectivity index (χ4n) is 4.47. The highest BCUT2D eigenvalue weighted by Crippen LogP contribution is 2.42. The number of halogens is 1. The summed E-state index contributed by atoms with van der Waals surface area (Å²) in [6.45, 7) is 9.01. The molecule has 0 saturated carbocycles. The normalized spacial score (nSPS) is 12.8. The molecule has 2 N–H and O–H groups in total. The molecule has 0 aliphatic carbocycles. The third-order valence-electron chi connectivity index (χ3n) is 6.22. The number of carbonyl (C=O) groups excluding carboxylic acids is 1. The van der Waals surface area contributed by atoms with Gasteiger partial charge in [0.25, 0.3) is 11.5 Å². The van der Waals surface area contributed by atoms with Gasteiger partial charge in [-0.1, -0.05) is 0 Å². The maximum absolute atomic E-state index is 13.8. The van der Waals surface area contributed by atoms with Crippen LogP contribution in [0.4, 0.5) is 10.1 Å². The van der Waals surface area contributed by atoms with Crippen molar-refractivity contribution in [3.63, 3.8) is 0 Å². The number of amides is 1. The van der Waals surface area contributed by atoms with Crippen molar-refractivity contribution in [3.05, 3.63) is 75.0 Å². The lowest BCUT2D eigenvalue weighted by molar-refractivity contribution is 0.0946. The highest BCUT2D eigenvalue weighted by Gasteiger charge is 2.27. The van der Waals surface area contributed by atoms with E-state index in [4.69, 9.17) is 9.47 Å². The number of aryl methyl sites for hydroxylation is 2. The number of ether oxygens (including phenoxy) is 2. The van der Waals surface area contributed by atoms with Gasteiger partial charge in [-0.15, -0.1) is 0 Å². The topological polar surface area (TPSA) is 83.7 Å². The van der Waals surface area contributed by atoms with Crippen molar-refractivity contribution in [2.75, 3.05) is 25.2 Å². The van der Waals surface area contributed by atoms with E-state index in [0.29, 0.717) is 46.9 Å². The molecular weight excluding hydrogens is 449 g/mol. The van der Waals surface area contributed by atoms with Crippen LogP contribution in [0.25, 0.3) is 11.1 Å². The lowest BCUT2D eigenvalue weighted by atomic mass is 9.98. The van der Waals surface area contributed by atoms with Crippen LogP contribution in [0.3, 0.4) is 0 Å². The smallest absolute Gasteiger partial charge is 0.255 e. The van der Waals surface area contributed by atoms with E-state index >= 15 is 0 Å². The van der Waals surface area contributed by atoms with E-state index in [0.717, 1.165) is 16.9 Å². The van der Waals surface area contributed by atoms with Crippen molar-refractivity contribution in [2.24, 2.45) is 0 Å². The number of carbonyl (C=O) groups is 1. The van der Waals surface area contributed by atoms with E-state index < -0.39 is 5.82 Å². The van der Waals surface area contributed by atoms with E-state index in [-0.39, 0.29) is 24.1 Å². The van der Waals surface area contributed by atoms with Crippen LogP contribution >= 0.6 is 0 Å². The summed E-state index contributed by atoms with van der Waals surface area (Å²) in [7, 11) is 1.48. The molecule has 1 amide bonds. The minimum atomic E-state index is -0.410. The number of H-pyrrole nitrogens is 1. The van der Waals surface area contributed by atoms with Gasteiger partial charge in [-0.25, -0.2) is 4.39 Å². The summed E-state index contributed by atoms with van der Waals surface area (Å²) in [5.74, 6) is 0.0780. The average Bonchev–Trinajstić information content (AvgIpc) is 2.81. The van der Waals surface area contributed by atoms with Gasteiger partial charge in [-0.3, -0.25) is 9.59 Å². The molecule has 184 valence electrons. The Morgan fingerprint density at radius 1 is 1.23 bits per heavy atom. The van der Waals surface area contributed by atoms with Gasteiger partial charge in [0.05, 0.1) is 24.9 Å². The van der Waals surface area contributed by atoms with Crippen molar-refractivity contribution in [3.8, 4) is 22.6 Å². The zero-order valence-electron chi connectivity index (χ0n) is 20.6. The van der Waals surface area contributed by atoms with Gasteiger partial charge < -0.3 is 24.7 Å². The lowest BCUT2D eigenvalue weighted by Crippen LogP contribution is -2.39. The first kappa shape index (κ1) is 24.3. The molecule has 2 aromatic carbocycles. The third-order valence-corrected chi connectivity index (χ3v) is 6.22. The molecule has 3 aromatic rings. The third kappa shape index (κ3) is 4.87. The Balaban J connectivity index is 1.79. The number of aromatic amines is 1. The molecule has 0 saturated heterocycles. The zero-order chi connectivity index (χ0) is 25.3. The Morgan fingerprint density at radius 2 is 2.00 bits per heavy atom. The maximum Gasteiger partial charge on any atom is 0.255 e. The number of nitrogens with one attached hydrogen (secondary N) is 2. The lowest BCUT2D eigenvalue weighted by Gasteiger charge is -2.35. The summed E-state index contributed by atoms with van der Waals surface area (Å²) in [6.07, 6.45) is 0. The molecule has 0 unspecified atom stereocenters.